The van der Waals surface area contributed by atoms with E-state index in [4.69, 9.17) is 9.05 Å². The Morgan fingerprint density at radius 2 is 1.63 bits per heavy atom. The van der Waals surface area contributed by atoms with Crippen LogP contribution in [0.25, 0.3) is 0 Å². The number of hydrogen-bond acceptors (Lipinski definition) is 6. The molecule has 0 bridgehead atoms. The summed E-state index contributed by atoms with van der Waals surface area (Å²) in [4.78, 5) is 0. The third kappa shape index (κ3) is 12.3. The van der Waals surface area contributed by atoms with Crippen LogP contribution in [0, 0.1) is 0 Å². The maximum absolute atomic E-state index is 11.9. The molecule has 0 aromatic carbocycles. The van der Waals surface area contributed by atoms with Crippen LogP contribution in [0.5, 0.6) is 0 Å². The van der Waals surface area contributed by atoms with Crippen LogP contribution in [0.1, 0.15) is 33.6 Å². The molecule has 0 atom stereocenters. The first-order valence-electron chi connectivity index (χ1n) is 7.00. The monoisotopic (exact) mass is 329 g/mol. The highest BCUT2D eigenvalue weighted by Crippen LogP contribution is 2.60. The van der Waals surface area contributed by atoms with Crippen molar-refractivity contribution in [2.24, 2.45) is 0 Å². The highest BCUT2D eigenvalue weighted by molar-refractivity contribution is 8.55. The van der Waals surface area contributed by atoms with Crippen LogP contribution in [-0.4, -0.2) is 43.6 Å². The maximum Gasteiger partial charge on any atom is 0.389 e. The molecule has 4 nitrogen and oxygen atoms in total. The molecule has 1 aliphatic rings. The third-order valence-electron chi connectivity index (χ3n) is 2.21. The zero-order chi connectivity index (χ0) is 14.4. The summed E-state index contributed by atoms with van der Waals surface area (Å²) in [6.07, 6.45) is 2.78. The van der Waals surface area contributed by atoms with Gasteiger partial charge in [-0.3, -0.25) is 0 Å². The van der Waals surface area contributed by atoms with Crippen LogP contribution >= 0.6 is 29.9 Å². The van der Waals surface area contributed by atoms with E-state index in [1.54, 1.807) is 0 Å². The van der Waals surface area contributed by atoms with Gasteiger partial charge in [-0.1, -0.05) is 6.92 Å². The molecular weight excluding hydrogens is 301 g/mol. The van der Waals surface area contributed by atoms with Crippen LogP contribution in [0.4, 0.5) is 0 Å². The average Bonchev–Trinajstić information content (AvgIpc) is 2.94. The van der Waals surface area contributed by atoms with Gasteiger partial charge < -0.3 is 14.4 Å². The van der Waals surface area contributed by atoms with Gasteiger partial charge in [0.2, 0.25) is 0 Å². The van der Waals surface area contributed by atoms with Gasteiger partial charge >= 0.3 is 6.80 Å². The fraction of sp³-hybridized carbons (Fsp3) is 1.00. The lowest BCUT2D eigenvalue weighted by molar-refractivity contribution is 0.237. The first-order chi connectivity index (χ1) is 9.18. The number of thioether (sulfide) groups is 1. The van der Waals surface area contributed by atoms with E-state index >= 15 is 0 Å². The lowest BCUT2D eigenvalue weighted by atomic mass is 10.4. The van der Waals surface area contributed by atoms with Gasteiger partial charge in [0.05, 0.1) is 13.2 Å². The van der Waals surface area contributed by atoms with Crippen LogP contribution in [0.15, 0.2) is 0 Å². The molecule has 7 heteroatoms. The quantitative estimate of drug-likeness (QED) is 0.509. The van der Waals surface area contributed by atoms with E-state index in [-0.39, 0.29) is 0 Å². The first-order valence-corrected chi connectivity index (χ1v) is 11.3. The van der Waals surface area contributed by atoms with Crippen molar-refractivity contribution in [1.82, 2.24) is 5.32 Å². The molecule has 1 fully saturated rings. The Hall–Kier alpha value is 0.810. The molecule has 116 valence electrons. The van der Waals surface area contributed by atoms with Gasteiger partial charge in [0, 0.05) is 11.5 Å². The lowest BCUT2D eigenvalue weighted by Crippen LogP contribution is -2.03. The SMILES string of the molecule is C1CCNC1.CCOP(=O)(OCC)SCCSCC. The topological polar surface area (TPSA) is 47.6 Å². The van der Waals surface area contributed by atoms with Crippen molar-refractivity contribution in [2.45, 2.75) is 33.6 Å². The van der Waals surface area contributed by atoms with Gasteiger partial charge in [0.25, 0.3) is 0 Å². The van der Waals surface area contributed by atoms with E-state index in [2.05, 4.69) is 12.2 Å². The van der Waals surface area contributed by atoms with Crippen LogP contribution in [0.3, 0.4) is 0 Å². The van der Waals surface area contributed by atoms with Gasteiger partial charge in [-0.2, -0.15) is 11.8 Å². The summed E-state index contributed by atoms with van der Waals surface area (Å²) in [5.41, 5.74) is 0. The standard InChI is InChI=1S/C8H19O3PS2.C4H9N/c1-4-10-12(9,11-5-2)14-8-7-13-6-3;1-2-4-5-3-1/h4-8H2,1-3H3;5H,1-4H2. The van der Waals surface area contributed by atoms with E-state index in [1.807, 2.05) is 25.6 Å². The van der Waals surface area contributed by atoms with E-state index in [1.165, 1.54) is 37.3 Å². The van der Waals surface area contributed by atoms with Crippen molar-refractivity contribution in [3.8, 4) is 0 Å². The normalized spacial score (nSPS) is 15.1. The molecular formula is C12H28NO3PS2. The third-order valence-corrected chi connectivity index (χ3v) is 7.35. The summed E-state index contributed by atoms with van der Waals surface area (Å²) in [6.45, 7) is 6.28. The molecule has 19 heavy (non-hydrogen) atoms. The van der Waals surface area contributed by atoms with Crippen molar-refractivity contribution in [2.75, 3.05) is 43.6 Å². The van der Waals surface area contributed by atoms with Crippen LogP contribution in [0.2, 0.25) is 0 Å². The van der Waals surface area contributed by atoms with Crippen LogP contribution in [-0.2, 0) is 13.6 Å². The van der Waals surface area contributed by atoms with Crippen molar-refractivity contribution in [1.29, 1.82) is 0 Å². The molecule has 0 amide bonds. The van der Waals surface area contributed by atoms with Gasteiger partial charge in [0.1, 0.15) is 0 Å². The van der Waals surface area contributed by atoms with Crippen molar-refractivity contribution in [3.63, 3.8) is 0 Å². The second-order valence-electron chi connectivity index (χ2n) is 3.77. The number of nitrogens with one attached hydrogen (secondary N) is 1. The van der Waals surface area contributed by atoms with Crippen LogP contribution < -0.4 is 5.32 Å². The van der Waals surface area contributed by atoms with Gasteiger partial charge in [-0.25, -0.2) is 4.57 Å². The fourth-order valence-electron chi connectivity index (χ4n) is 1.41. The Morgan fingerprint density at radius 3 is 2.00 bits per heavy atom. The molecule has 1 saturated heterocycles. The van der Waals surface area contributed by atoms with E-state index in [9.17, 15) is 4.57 Å². The molecule has 0 aliphatic carbocycles. The molecule has 1 rings (SSSR count). The predicted molar refractivity (Wildman–Crippen MR) is 88.4 cm³/mol. The number of hydrogen-bond donors (Lipinski definition) is 1. The van der Waals surface area contributed by atoms with Crippen molar-refractivity contribution in [3.05, 3.63) is 0 Å². The first kappa shape index (κ1) is 19.8. The maximum atomic E-state index is 11.9. The summed E-state index contributed by atoms with van der Waals surface area (Å²) in [5, 5.41) is 3.22. The highest BCUT2D eigenvalue weighted by atomic mass is 32.7. The Kier molecular flexibility index (Phi) is 14.4. The van der Waals surface area contributed by atoms with Gasteiger partial charge in [-0.05, 0) is 56.9 Å². The summed E-state index contributed by atoms with van der Waals surface area (Å²) in [5.74, 6) is 2.90. The van der Waals surface area contributed by atoms with Gasteiger partial charge in [0.15, 0.2) is 0 Å². The average molecular weight is 329 g/mol. The minimum Gasteiger partial charge on any atom is -0.317 e. The Balaban J connectivity index is 0.000000532. The predicted octanol–water partition coefficient (Wildman–Crippen LogP) is 4.02. The molecule has 0 aromatic rings. The molecule has 1 heterocycles. The van der Waals surface area contributed by atoms with Crippen molar-refractivity contribution < 1.29 is 13.6 Å². The molecule has 0 aromatic heterocycles. The Bertz CT molecular complexity index is 223. The van der Waals surface area contributed by atoms with Crippen molar-refractivity contribution >= 4 is 29.9 Å². The minimum absolute atomic E-state index is 0.436. The zero-order valence-electron chi connectivity index (χ0n) is 12.4. The molecule has 1 N–H and O–H groups in total. The Morgan fingerprint density at radius 1 is 1.05 bits per heavy atom. The zero-order valence-corrected chi connectivity index (χ0v) is 14.9. The van der Waals surface area contributed by atoms with Gasteiger partial charge in [-0.15, -0.1) is 0 Å². The van der Waals surface area contributed by atoms with E-state index in [0.717, 1.165) is 17.3 Å². The smallest absolute Gasteiger partial charge is 0.317 e. The minimum atomic E-state index is -2.86. The van der Waals surface area contributed by atoms with E-state index < -0.39 is 6.80 Å². The molecule has 0 radical (unpaired) electrons. The summed E-state index contributed by atoms with van der Waals surface area (Å²) in [6, 6.07) is 0. The second kappa shape index (κ2) is 13.8. The summed E-state index contributed by atoms with van der Waals surface area (Å²) in [7, 11) is 0. The highest BCUT2D eigenvalue weighted by Gasteiger charge is 2.23. The summed E-state index contributed by atoms with van der Waals surface area (Å²) < 4.78 is 22.2. The molecule has 1 aliphatic heterocycles. The fourth-order valence-corrected chi connectivity index (χ4v) is 5.96. The largest absolute Gasteiger partial charge is 0.389 e. The molecule has 0 unspecified atom stereocenters. The Labute approximate surface area is 126 Å². The second-order valence-corrected chi connectivity index (χ2v) is 9.36. The number of rotatable bonds is 9. The molecule has 0 saturated carbocycles. The molecule has 0 spiro atoms. The van der Waals surface area contributed by atoms with E-state index in [0.29, 0.717) is 13.2 Å². The lowest BCUT2D eigenvalue weighted by Gasteiger charge is -2.15. The summed E-state index contributed by atoms with van der Waals surface area (Å²) >= 11 is 3.14.